The summed E-state index contributed by atoms with van der Waals surface area (Å²) in [5.41, 5.74) is 0.158. The number of rotatable bonds is 3. The SMILES string of the molecule is CC(C)(C)c1c(C(=O)O)nnn1Cc1ccno1. The molecule has 0 atom stereocenters. The van der Waals surface area contributed by atoms with E-state index in [4.69, 9.17) is 9.63 Å². The Kier molecular flexibility index (Phi) is 2.90. The van der Waals surface area contributed by atoms with Crippen LogP contribution in [0.5, 0.6) is 0 Å². The van der Waals surface area contributed by atoms with E-state index < -0.39 is 5.97 Å². The number of carbonyl (C=O) groups is 1. The Morgan fingerprint density at radius 1 is 1.50 bits per heavy atom. The number of hydrogen-bond donors (Lipinski definition) is 1. The molecule has 2 aromatic heterocycles. The van der Waals surface area contributed by atoms with Crippen LogP contribution >= 0.6 is 0 Å². The third-order valence-corrected chi connectivity index (χ3v) is 2.44. The molecule has 0 fully saturated rings. The van der Waals surface area contributed by atoms with Gasteiger partial charge in [-0.05, 0) is 0 Å². The van der Waals surface area contributed by atoms with Gasteiger partial charge in [-0.1, -0.05) is 31.1 Å². The highest BCUT2D eigenvalue weighted by Crippen LogP contribution is 2.25. The molecule has 0 aromatic carbocycles. The molecule has 0 unspecified atom stereocenters. The molecule has 0 radical (unpaired) electrons. The molecule has 7 heteroatoms. The Balaban J connectivity index is 2.45. The molecule has 18 heavy (non-hydrogen) atoms. The second-order valence-corrected chi connectivity index (χ2v) is 4.98. The Morgan fingerprint density at radius 3 is 2.72 bits per heavy atom. The molecule has 0 aliphatic carbocycles. The fourth-order valence-corrected chi connectivity index (χ4v) is 1.78. The van der Waals surface area contributed by atoms with Crippen LogP contribution in [0.1, 0.15) is 42.7 Å². The lowest BCUT2D eigenvalue weighted by molar-refractivity contribution is 0.0687. The summed E-state index contributed by atoms with van der Waals surface area (Å²) in [6, 6.07) is 1.70. The van der Waals surface area contributed by atoms with Crippen LogP contribution in [-0.4, -0.2) is 31.2 Å². The van der Waals surface area contributed by atoms with Crippen molar-refractivity contribution < 1.29 is 14.4 Å². The van der Waals surface area contributed by atoms with E-state index in [2.05, 4.69) is 15.5 Å². The number of carboxylic acids is 1. The van der Waals surface area contributed by atoms with Gasteiger partial charge in [0.15, 0.2) is 11.5 Å². The minimum absolute atomic E-state index is 0.0259. The third kappa shape index (κ3) is 2.24. The first-order valence-corrected chi connectivity index (χ1v) is 5.46. The maximum absolute atomic E-state index is 11.1. The first kappa shape index (κ1) is 12.3. The first-order chi connectivity index (χ1) is 8.39. The summed E-state index contributed by atoms with van der Waals surface area (Å²) in [5, 5.41) is 20.3. The van der Waals surface area contributed by atoms with Crippen molar-refractivity contribution >= 4 is 5.97 Å². The molecular weight excluding hydrogens is 236 g/mol. The minimum Gasteiger partial charge on any atom is -0.476 e. The molecule has 2 heterocycles. The second-order valence-electron chi connectivity index (χ2n) is 4.98. The predicted octanol–water partition coefficient (Wildman–Crippen LogP) is 1.31. The zero-order chi connectivity index (χ0) is 13.3. The van der Waals surface area contributed by atoms with Gasteiger partial charge in [-0.15, -0.1) is 5.10 Å². The Labute approximate surface area is 103 Å². The van der Waals surface area contributed by atoms with Gasteiger partial charge in [0.05, 0.1) is 11.9 Å². The molecule has 0 amide bonds. The van der Waals surface area contributed by atoms with Gasteiger partial charge < -0.3 is 9.63 Å². The standard InChI is InChI=1S/C11H14N4O3/c1-11(2,3)9-8(10(16)17)13-14-15(9)6-7-4-5-12-18-7/h4-5H,6H2,1-3H3,(H,16,17). The van der Waals surface area contributed by atoms with E-state index in [0.29, 0.717) is 18.0 Å². The number of hydrogen-bond acceptors (Lipinski definition) is 5. The Hall–Kier alpha value is -2.18. The van der Waals surface area contributed by atoms with E-state index in [-0.39, 0.29) is 11.1 Å². The van der Waals surface area contributed by atoms with Crippen LogP contribution in [0.25, 0.3) is 0 Å². The molecule has 1 N–H and O–H groups in total. The van der Waals surface area contributed by atoms with Crippen LogP contribution in [0.2, 0.25) is 0 Å². The van der Waals surface area contributed by atoms with Crippen molar-refractivity contribution in [2.24, 2.45) is 0 Å². The zero-order valence-electron chi connectivity index (χ0n) is 10.4. The smallest absolute Gasteiger partial charge is 0.358 e. The summed E-state index contributed by atoms with van der Waals surface area (Å²) in [4.78, 5) is 11.1. The van der Waals surface area contributed by atoms with Crippen LogP contribution < -0.4 is 0 Å². The summed E-state index contributed by atoms with van der Waals surface area (Å²) < 4.78 is 6.52. The van der Waals surface area contributed by atoms with Gasteiger partial charge in [-0.25, -0.2) is 9.48 Å². The lowest BCUT2D eigenvalue weighted by Crippen LogP contribution is -2.22. The molecule has 96 valence electrons. The first-order valence-electron chi connectivity index (χ1n) is 5.46. The fourth-order valence-electron chi connectivity index (χ4n) is 1.78. The number of aromatic nitrogens is 4. The Morgan fingerprint density at radius 2 is 2.22 bits per heavy atom. The van der Waals surface area contributed by atoms with Gasteiger partial charge in [0, 0.05) is 11.5 Å². The van der Waals surface area contributed by atoms with Crippen molar-refractivity contribution in [2.45, 2.75) is 32.7 Å². The molecule has 0 saturated heterocycles. The van der Waals surface area contributed by atoms with E-state index in [1.165, 1.54) is 10.9 Å². The lowest BCUT2D eigenvalue weighted by atomic mass is 9.90. The molecule has 0 spiro atoms. The van der Waals surface area contributed by atoms with Crippen molar-refractivity contribution in [1.82, 2.24) is 20.2 Å². The van der Waals surface area contributed by atoms with Crippen molar-refractivity contribution in [3.8, 4) is 0 Å². The van der Waals surface area contributed by atoms with E-state index in [1.54, 1.807) is 6.07 Å². The average Bonchev–Trinajstić information content (AvgIpc) is 2.85. The fraction of sp³-hybridized carbons (Fsp3) is 0.455. The average molecular weight is 250 g/mol. The van der Waals surface area contributed by atoms with E-state index in [9.17, 15) is 4.79 Å². The summed E-state index contributed by atoms with van der Waals surface area (Å²) in [6.45, 7) is 6.05. The van der Waals surface area contributed by atoms with E-state index >= 15 is 0 Å². The van der Waals surface area contributed by atoms with Gasteiger partial charge in [0.1, 0.15) is 6.54 Å². The highest BCUT2D eigenvalue weighted by atomic mass is 16.5. The van der Waals surface area contributed by atoms with Crippen molar-refractivity contribution in [3.63, 3.8) is 0 Å². The molecule has 0 aliphatic rings. The lowest BCUT2D eigenvalue weighted by Gasteiger charge is -2.19. The van der Waals surface area contributed by atoms with E-state index in [1.807, 2.05) is 20.8 Å². The predicted molar refractivity (Wildman–Crippen MR) is 61.3 cm³/mol. The molecule has 0 aliphatic heterocycles. The largest absolute Gasteiger partial charge is 0.476 e. The van der Waals surface area contributed by atoms with Crippen LogP contribution in [0.15, 0.2) is 16.8 Å². The van der Waals surface area contributed by atoms with Gasteiger partial charge in [-0.2, -0.15) is 0 Å². The van der Waals surface area contributed by atoms with Gasteiger partial charge in [0.25, 0.3) is 0 Å². The number of carboxylic acid groups (broad SMARTS) is 1. The topological polar surface area (TPSA) is 94.0 Å². The monoisotopic (exact) mass is 250 g/mol. The summed E-state index contributed by atoms with van der Waals surface area (Å²) in [6.07, 6.45) is 1.53. The third-order valence-electron chi connectivity index (χ3n) is 2.44. The summed E-state index contributed by atoms with van der Waals surface area (Å²) in [7, 11) is 0. The van der Waals surface area contributed by atoms with E-state index in [0.717, 1.165) is 0 Å². The normalized spacial score (nSPS) is 11.7. The van der Waals surface area contributed by atoms with Gasteiger partial charge >= 0.3 is 5.97 Å². The maximum Gasteiger partial charge on any atom is 0.358 e. The number of nitrogens with zero attached hydrogens (tertiary/aromatic N) is 4. The quantitative estimate of drug-likeness (QED) is 0.882. The number of aromatic carboxylic acids is 1. The highest BCUT2D eigenvalue weighted by Gasteiger charge is 2.29. The highest BCUT2D eigenvalue weighted by molar-refractivity contribution is 5.86. The van der Waals surface area contributed by atoms with Crippen molar-refractivity contribution in [1.29, 1.82) is 0 Å². The Bertz CT molecular complexity index is 551. The summed E-state index contributed by atoms with van der Waals surface area (Å²) >= 11 is 0. The van der Waals surface area contributed by atoms with Crippen LogP contribution in [0, 0.1) is 0 Å². The molecule has 0 saturated carbocycles. The molecule has 2 aromatic rings. The van der Waals surface area contributed by atoms with Crippen LogP contribution in [0.4, 0.5) is 0 Å². The van der Waals surface area contributed by atoms with Gasteiger partial charge in [0.2, 0.25) is 0 Å². The van der Waals surface area contributed by atoms with Crippen molar-refractivity contribution in [3.05, 3.63) is 29.4 Å². The van der Waals surface area contributed by atoms with Gasteiger partial charge in [-0.3, -0.25) is 0 Å². The second kappa shape index (κ2) is 4.25. The minimum atomic E-state index is -1.08. The molecular formula is C11H14N4O3. The molecule has 7 nitrogen and oxygen atoms in total. The van der Waals surface area contributed by atoms with Crippen molar-refractivity contribution in [2.75, 3.05) is 0 Å². The van der Waals surface area contributed by atoms with Crippen LogP contribution in [-0.2, 0) is 12.0 Å². The maximum atomic E-state index is 11.1. The molecule has 2 rings (SSSR count). The van der Waals surface area contributed by atoms with Crippen LogP contribution in [0.3, 0.4) is 0 Å². The molecule has 0 bridgehead atoms. The zero-order valence-corrected chi connectivity index (χ0v) is 10.4. The summed E-state index contributed by atoms with van der Waals surface area (Å²) in [5.74, 6) is -0.480.